The highest BCUT2D eigenvalue weighted by atomic mass is 16.2. The molecule has 0 bridgehead atoms. The van der Waals surface area contributed by atoms with Gasteiger partial charge in [-0.3, -0.25) is 9.59 Å². The summed E-state index contributed by atoms with van der Waals surface area (Å²) >= 11 is 0. The SMILES string of the molecule is CN(C)C(=O)c1cccc(NC(=O)C[C@@H]2C=CCC2)c1. The first-order valence-corrected chi connectivity index (χ1v) is 6.84. The normalized spacial score (nSPS) is 17.0. The van der Waals surface area contributed by atoms with E-state index in [1.54, 1.807) is 38.4 Å². The maximum Gasteiger partial charge on any atom is 0.253 e. The molecule has 2 rings (SSSR count). The number of rotatable bonds is 4. The van der Waals surface area contributed by atoms with Crippen LogP contribution in [0.5, 0.6) is 0 Å². The Balaban J connectivity index is 1.98. The molecule has 4 heteroatoms. The highest BCUT2D eigenvalue weighted by Crippen LogP contribution is 2.21. The van der Waals surface area contributed by atoms with E-state index in [0.29, 0.717) is 23.6 Å². The molecule has 1 aliphatic carbocycles. The van der Waals surface area contributed by atoms with Gasteiger partial charge in [-0.1, -0.05) is 18.2 Å². The van der Waals surface area contributed by atoms with Crippen LogP contribution in [0.25, 0.3) is 0 Å². The Bertz CT molecular complexity index is 535. The first kappa shape index (κ1) is 14.3. The summed E-state index contributed by atoms with van der Waals surface area (Å²) in [4.78, 5) is 25.3. The van der Waals surface area contributed by atoms with Crippen LogP contribution < -0.4 is 5.32 Å². The number of nitrogens with one attached hydrogen (secondary N) is 1. The first-order valence-electron chi connectivity index (χ1n) is 6.84. The Hall–Kier alpha value is -2.10. The van der Waals surface area contributed by atoms with Crippen molar-refractivity contribution >= 4 is 17.5 Å². The molecule has 1 aromatic rings. The van der Waals surface area contributed by atoms with Crippen molar-refractivity contribution in [2.75, 3.05) is 19.4 Å². The van der Waals surface area contributed by atoms with Crippen molar-refractivity contribution in [2.45, 2.75) is 19.3 Å². The van der Waals surface area contributed by atoms with E-state index in [-0.39, 0.29) is 11.8 Å². The summed E-state index contributed by atoms with van der Waals surface area (Å²) in [5.41, 5.74) is 1.25. The summed E-state index contributed by atoms with van der Waals surface area (Å²) in [6.45, 7) is 0. The van der Waals surface area contributed by atoms with Gasteiger partial charge in [-0.2, -0.15) is 0 Å². The smallest absolute Gasteiger partial charge is 0.253 e. The lowest BCUT2D eigenvalue weighted by atomic mass is 10.0. The van der Waals surface area contributed by atoms with Gasteiger partial charge in [-0.05, 0) is 37.0 Å². The second kappa shape index (κ2) is 6.37. The standard InChI is InChI=1S/C16H20N2O2/c1-18(2)16(20)13-8-5-9-14(11-13)17-15(19)10-12-6-3-4-7-12/h3,5-6,8-9,11-12H,4,7,10H2,1-2H3,(H,17,19)/t12-/m1/s1. The van der Waals surface area contributed by atoms with Gasteiger partial charge >= 0.3 is 0 Å². The second-order valence-corrected chi connectivity index (χ2v) is 5.30. The summed E-state index contributed by atoms with van der Waals surface area (Å²) in [5, 5.41) is 2.86. The Kier molecular flexibility index (Phi) is 4.56. The van der Waals surface area contributed by atoms with Crippen LogP contribution in [-0.4, -0.2) is 30.8 Å². The van der Waals surface area contributed by atoms with Crippen molar-refractivity contribution in [2.24, 2.45) is 5.92 Å². The van der Waals surface area contributed by atoms with Crippen LogP contribution >= 0.6 is 0 Å². The van der Waals surface area contributed by atoms with Gasteiger partial charge in [0.05, 0.1) is 0 Å². The van der Waals surface area contributed by atoms with Crippen molar-refractivity contribution in [3.05, 3.63) is 42.0 Å². The molecule has 0 spiro atoms. The Morgan fingerprint density at radius 1 is 1.35 bits per heavy atom. The zero-order valence-corrected chi connectivity index (χ0v) is 11.9. The van der Waals surface area contributed by atoms with Crippen LogP contribution in [0.4, 0.5) is 5.69 Å². The molecule has 106 valence electrons. The minimum Gasteiger partial charge on any atom is -0.345 e. The van der Waals surface area contributed by atoms with Crippen molar-refractivity contribution < 1.29 is 9.59 Å². The molecule has 0 aromatic heterocycles. The minimum absolute atomic E-state index is 0.00370. The van der Waals surface area contributed by atoms with Crippen LogP contribution in [0.2, 0.25) is 0 Å². The van der Waals surface area contributed by atoms with Gasteiger partial charge in [-0.25, -0.2) is 0 Å². The molecule has 0 fully saturated rings. The van der Waals surface area contributed by atoms with Gasteiger partial charge in [0.25, 0.3) is 5.91 Å². The lowest BCUT2D eigenvalue weighted by molar-refractivity contribution is -0.116. The van der Waals surface area contributed by atoms with E-state index < -0.39 is 0 Å². The number of nitrogens with zero attached hydrogens (tertiary/aromatic N) is 1. The molecule has 0 saturated heterocycles. The Labute approximate surface area is 119 Å². The van der Waals surface area contributed by atoms with Crippen LogP contribution in [-0.2, 0) is 4.79 Å². The quantitative estimate of drug-likeness (QED) is 0.857. The Morgan fingerprint density at radius 2 is 2.15 bits per heavy atom. The molecule has 2 amide bonds. The fraction of sp³-hybridized carbons (Fsp3) is 0.375. The summed E-state index contributed by atoms with van der Waals surface area (Å²) in [7, 11) is 3.42. The van der Waals surface area contributed by atoms with E-state index in [0.717, 1.165) is 12.8 Å². The molecule has 0 radical (unpaired) electrons. The van der Waals surface area contributed by atoms with E-state index >= 15 is 0 Å². The molecule has 1 atom stereocenters. The van der Waals surface area contributed by atoms with E-state index in [9.17, 15) is 9.59 Å². The molecule has 4 nitrogen and oxygen atoms in total. The number of allylic oxidation sites excluding steroid dienone is 2. The monoisotopic (exact) mass is 272 g/mol. The summed E-state index contributed by atoms with van der Waals surface area (Å²) in [5.74, 6) is 0.275. The average molecular weight is 272 g/mol. The molecular weight excluding hydrogens is 252 g/mol. The molecule has 0 saturated carbocycles. The number of carbonyl (C=O) groups excluding carboxylic acids is 2. The largest absolute Gasteiger partial charge is 0.345 e. The molecule has 20 heavy (non-hydrogen) atoms. The topological polar surface area (TPSA) is 49.4 Å². The summed E-state index contributed by atoms with van der Waals surface area (Å²) in [6, 6.07) is 7.04. The molecule has 1 aromatic carbocycles. The lowest BCUT2D eigenvalue weighted by Crippen LogP contribution is -2.22. The van der Waals surface area contributed by atoms with Gasteiger partial charge in [0, 0.05) is 31.8 Å². The first-order chi connectivity index (χ1) is 9.56. The zero-order valence-electron chi connectivity index (χ0n) is 11.9. The van der Waals surface area contributed by atoms with E-state index in [2.05, 4.69) is 17.5 Å². The molecule has 1 aliphatic rings. The third kappa shape index (κ3) is 3.70. The predicted molar refractivity (Wildman–Crippen MR) is 79.6 cm³/mol. The second-order valence-electron chi connectivity index (χ2n) is 5.30. The number of amides is 2. The molecule has 1 N–H and O–H groups in total. The average Bonchev–Trinajstić information content (AvgIpc) is 2.90. The molecule has 0 heterocycles. The maximum absolute atomic E-state index is 11.9. The van der Waals surface area contributed by atoms with Gasteiger partial charge in [0.1, 0.15) is 0 Å². The zero-order chi connectivity index (χ0) is 14.5. The lowest BCUT2D eigenvalue weighted by Gasteiger charge is -2.12. The van der Waals surface area contributed by atoms with Gasteiger partial charge < -0.3 is 10.2 Å². The number of benzene rings is 1. The van der Waals surface area contributed by atoms with Crippen molar-refractivity contribution in [3.8, 4) is 0 Å². The van der Waals surface area contributed by atoms with Gasteiger partial charge in [0.2, 0.25) is 5.91 Å². The van der Waals surface area contributed by atoms with Crippen molar-refractivity contribution in [3.63, 3.8) is 0 Å². The highest BCUT2D eigenvalue weighted by Gasteiger charge is 2.14. The van der Waals surface area contributed by atoms with E-state index in [4.69, 9.17) is 0 Å². The molecule has 0 unspecified atom stereocenters. The van der Waals surface area contributed by atoms with Gasteiger partial charge in [0.15, 0.2) is 0 Å². The predicted octanol–water partition coefficient (Wildman–Crippen LogP) is 2.68. The van der Waals surface area contributed by atoms with Crippen molar-refractivity contribution in [1.82, 2.24) is 4.90 Å². The number of carbonyl (C=O) groups is 2. The van der Waals surface area contributed by atoms with Crippen LogP contribution in [0.3, 0.4) is 0 Å². The Morgan fingerprint density at radius 3 is 2.80 bits per heavy atom. The summed E-state index contributed by atoms with van der Waals surface area (Å²) in [6.07, 6.45) is 6.83. The van der Waals surface area contributed by atoms with E-state index in [1.165, 1.54) is 4.90 Å². The number of anilines is 1. The highest BCUT2D eigenvalue weighted by molar-refractivity contribution is 5.97. The third-order valence-corrected chi connectivity index (χ3v) is 3.36. The third-order valence-electron chi connectivity index (χ3n) is 3.36. The summed E-state index contributed by atoms with van der Waals surface area (Å²) < 4.78 is 0. The molecule has 0 aliphatic heterocycles. The van der Waals surface area contributed by atoms with Crippen molar-refractivity contribution in [1.29, 1.82) is 0 Å². The number of hydrogen-bond donors (Lipinski definition) is 1. The van der Waals surface area contributed by atoms with Gasteiger partial charge in [-0.15, -0.1) is 0 Å². The number of hydrogen-bond acceptors (Lipinski definition) is 2. The van der Waals surface area contributed by atoms with Crippen LogP contribution in [0.15, 0.2) is 36.4 Å². The van der Waals surface area contributed by atoms with Crippen LogP contribution in [0.1, 0.15) is 29.6 Å². The fourth-order valence-corrected chi connectivity index (χ4v) is 2.30. The fourth-order valence-electron chi connectivity index (χ4n) is 2.30. The minimum atomic E-state index is -0.0696. The maximum atomic E-state index is 11.9. The van der Waals surface area contributed by atoms with Crippen LogP contribution in [0, 0.1) is 5.92 Å². The van der Waals surface area contributed by atoms with E-state index in [1.807, 2.05) is 0 Å². The molecular formula is C16H20N2O2.